The number of halogens is 2. The molecular weight excluding hydrogens is 514 g/mol. The molecule has 0 aliphatic carbocycles. The zero-order valence-corrected chi connectivity index (χ0v) is 20.2. The second-order valence-electron chi connectivity index (χ2n) is 6.34. The molecule has 0 aromatic heterocycles. The number of rotatable bonds is 9. The zero-order valence-electron chi connectivity index (χ0n) is 16.2. The Morgan fingerprint density at radius 1 is 1.21 bits per heavy atom. The first kappa shape index (κ1) is 25.4. The number of thioether (sulfide) groups is 1. The second kappa shape index (κ2) is 13.6. The van der Waals surface area contributed by atoms with Gasteiger partial charge >= 0.3 is 0 Å². The molecule has 1 aromatic rings. The van der Waals surface area contributed by atoms with Gasteiger partial charge in [0.2, 0.25) is 0 Å². The van der Waals surface area contributed by atoms with Crippen molar-refractivity contribution in [2.75, 3.05) is 56.5 Å². The summed E-state index contributed by atoms with van der Waals surface area (Å²) in [4.78, 5) is 7.80. The minimum Gasteiger partial charge on any atom is -0.357 e. The van der Waals surface area contributed by atoms with Crippen LogP contribution in [-0.2, 0) is 9.84 Å². The molecule has 1 fully saturated rings. The lowest BCUT2D eigenvalue weighted by atomic mass is 10.4. The van der Waals surface area contributed by atoms with Crippen molar-refractivity contribution in [2.45, 2.75) is 18.2 Å². The van der Waals surface area contributed by atoms with Gasteiger partial charge in [-0.05, 0) is 43.4 Å². The Balaban J connectivity index is 0.00000392. The third-order valence-electron chi connectivity index (χ3n) is 4.16. The molecule has 1 aliphatic rings. The van der Waals surface area contributed by atoms with E-state index in [0.717, 1.165) is 42.7 Å². The number of benzene rings is 1. The number of nitrogens with zero attached hydrogens (tertiary/aromatic N) is 2. The fraction of sp³-hybridized carbons (Fsp3) is 0.611. The molecule has 28 heavy (non-hydrogen) atoms. The SMILES string of the molecule is CCNC(=NCCCSc1ccc(F)cc1)NCCN1CCS(=O)(=O)CC1.I. The van der Waals surface area contributed by atoms with Crippen LogP contribution in [0, 0.1) is 5.82 Å². The molecule has 1 aliphatic heterocycles. The molecule has 160 valence electrons. The van der Waals surface area contributed by atoms with E-state index in [2.05, 4.69) is 20.5 Å². The van der Waals surface area contributed by atoms with Crippen molar-refractivity contribution in [2.24, 2.45) is 4.99 Å². The predicted octanol–water partition coefficient (Wildman–Crippen LogP) is 2.21. The maximum Gasteiger partial charge on any atom is 0.191 e. The number of nitrogens with one attached hydrogen (secondary N) is 2. The number of sulfone groups is 1. The van der Waals surface area contributed by atoms with Gasteiger partial charge in [-0.3, -0.25) is 9.89 Å². The number of hydrogen-bond acceptors (Lipinski definition) is 5. The van der Waals surface area contributed by atoms with E-state index in [0.29, 0.717) is 19.6 Å². The van der Waals surface area contributed by atoms with Crippen LogP contribution in [0.1, 0.15) is 13.3 Å². The first-order valence-corrected chi connectivity index (χ1v) is 12.1. The summed E-state index contributed by atoms with van der Waals surface area (Å²) in [6.45, 7) is 6.29. The van der Waals surface area contributed by atoms with Crippen LogP contribution in [0.15, 0.2) is 34.2 Å². The number of guanidine groups is 1. The van der Waals surface area contributed by atoms with E-state index in [9.17, 15) is 12.8 Å². The van der Waals surface area contributed by atoms with Crippen LogP contribution < -0.4 is 10.6 Å². The van der Waals surface area contributed by atoms with E-state index >= 15 is 0 Å². The molecule has 2 N–H and O–H groups in total. The summed E-state index contributed by atoms with van der Waals surface area (Å²) in [6.07, 6.45) is 0.933. The van der Waals surface area contributed by atoms with E-state index in [1.807, 2.05) is 6.92 Å². The summed E-state index contributed by atoms with van der Waals surface area (Å²) in [7, 11) is -2.82. The van der Waals surface area contributed by atoms with Gasteiger partial charge in [0.1, 0.15) is 5.82 Å². The number of aliphatic imine (C=N–C) groups is 1. The maximum absolute atomic E-state index is 12.9. The van der Waals surface area contributed by atoms with Crippen molar-refractivity contribution >= 4 is 51.5 Å². The average molecular weight is 545 g/mol. The molecule has 10 heteroatoms. The van der Waals surface area contributed by atoms with Crippen LogP contribution in [0.3, 0.4) is 0 Å². The average Bonchev–Trinajstić information content (AvgIpc) is 2.64. The third-order valence-corrected chi connectivity index (χ3v) is 6.86. The summed E-state index contributed by atoms with van der Waals surface area (Å²) in [5.74, 6) is 2.02. The summed E-state index contributed by atoms with van der Waals surface area (Å²) in [5, 5.41) is 6.53. The second-order valence-corrected chi connectivity index (χ2v) is 9.81. The molecular formula is C18H30FIN4O2S2. The van der Waals surface area contributed by atoms with Crippen molar-refractivity contribution in [1.82, 2.24) is 15.5 Å². The Bertz CT molecular complexity index is 688. The highest BCUT2D eigenvalue weighted by Crippen LogP contribution is 2.18. The predicted molar refractivity (Wildman–Crippen MR) is 126 cm³/mol. The Morgan fingerprint density at radius 3 is 2.54 bits per heavy atom. The van der Waals surface area contributed by atoms with Crippen molar-refractivity contribution in [3.63, 3.8) is 0 Å². The van der Waals surface area contributed by atoms with Gasteiger partial charge < -0.3 is 10.6 Å². The Morgan fingerprint density at radius 2 is 1.89 bits per heavy atom. The van der Waals surface area contributed by atoms with Gasteiger partial charge in [-0.2, -0.15) is 0 Å². The standard InChI is InChI=1S/C18H29FN4O2S2.HI/c1-2-20-18(22-9-10-23-11-14-27(24,25)15-12-23)21-8-3-13-26-17-6-4-16(19)5-7-17;/h4-7H,2-3,8-15H2,1H3,(H2,20,21,22);1H. The van der Waals surface area contributed by atoms with Crippen molar-refractivity contribution in [3.8, 4) is 0 Å². The molecule has 1 aromatic carbocycles. The lowest BCUT2D eigenvalue weighted by Gasteiger charge is -2.26. The maximum atomic E-state index is 12.9. The molecule has 0 spiro atoms. The highest BCUT2D eigenvalue weighted by Gasteiger charge is 2.20. The van der Waals surface area contributed by atoms with E-state index in [1.54, 1.807) is 23.9 Å². The highest BCUT2D eigenvalue weighted by molar-refractivity contribution is 14.0. The first-order chi connectivity index (χ1) is 13.0. The first-order valence-electron chi connectivity index (χ1n) is 9.32. The zero-order chi connectivity index (χ0) is 19.5. The van der Waals surface area contributed by atoms with Crippen LogP contribution >= 0.6 is 35.7 Å². The molecule has 2 rings (SSSR count). The fourth-order valence-corrected chi connectivity index (χ4v) is 4.74. The summed E-state index contributed by atoms with van der Waals surface area (Å²) >= 11 is 1.70. The molecule has 0 unspecified atom stereocenters. The Hall–Kier alpha value is -0.590. The molecule has 6 nitrogen and oxygen atoms in total. The summed E-state index contributed by atoms with van der Waals surface area (Å²) < 4.78 is 35.8. The summed E-state index contributed by atoms with van der Waals surface area (Å²) in [6, 6.07) is 6.54. The quantitative estimate of drug-likeness (QED) is 0.163. The third kappa shape index (κ3) is 10.3. The van der Waals surface area contributed by atoms with E-state index in [-0.39, 0.29) is 41.3 Å². The lowest BCUT2D eigenvalue weighted by molar-refractivity contribution is 0.299. The van der Waals surface area contributed by atoms with Gasteiger partial charge in [0, 0.05) is 44.2 Å². The van der Waals surface area contributed by atoms with Gasteiger partial charge in [0.05, 0.1) is 11.5 Å². The molecule has 0 saturated carbocycles. The van der Waals surface area contributed by atoms with E-state index in [4.69, 9.17) is 0 Å². The van der Waals surface area contributed by atoms with Crippen LogP contribution in [-0.4, -0.2) is 75.8 Å². The Labute approximate surface area is 189 Å². The van der Waals surface area contributed by atoms with Crippen molar-refractivity contribution in [1.29, 1.82) is 0 Å². The molecule has 1 saturated heterocycles. The molecule has 1 heterocycles. The summed E-state index contributed by atoms with van der Waals surface area (Å²) in [5.41, 5.74) is 0. The minimum absolute atomic E-state index is 0. The minimum atomic E-state index is -2.82. The van der Waals surface area contributed by atoms with Gasteiger partial charge in [-0.1, -0.05) is 0 Å². The van der Waals surface area contributed by atoms with Crippen LogP contribution in [0.5, 0.6) is 0 Å². The van der Waals surface area contributed by atoms with Crippen molar-refractivity contribution in [3.05, 3.63) is 30.1 Å². The fourth-order valence-electron chi connectivity index (χ4n) is 2.62. The van der Waals surface area contributed by atoms with Gasteiger partial charge in [0.15, 0.2) is 15.8 Å². The molecule has 0 bridgehead atoms. The van der Waals surface area contributed by atoms with Crippen molar-refractivity contribution < 1.29 is 12.8 Å². The van der Waals surface area contributed by atoms with Crippen LogP contribution in [0.25, 0.3) is 0 Å². The monoisotopic (exact) mass is 544 g/mol. The molecule has 0 atom stereocenters. The van der Waals surface area contributed by atoms with E-state index in [1.165, 1.54) is 12.1 Å². The molecule has 0 amide bonds. The molecule has 0 radical (unpaired) electrons. The van der Waals surface area contributed by atoms with Gasteiger partial charge in [0.25, 0.3) is 0 Å². The van der Waals surface area contributed by atoms with Gasteiger partial charge in [-0.15, -0.1) is 35.7 Å². The lowest BCUT2D eigenvalue weighted by Crippen LogP contribution is -2.46. The smallest absolute Gasteiger partial charge is 0.191 e. The Kier molecular flexibility index (Phi) is 12.4. The topological polar surface area (TPSA) is 73.8 Å². The van der Waals surface area contributed by atoms with Crippen LogP contribution in [0.4, 0.5) is 4.39 Å². The highest BCUT2D eigenvalue weighted by atomic mass is 127. The van der Waals surface area contributed by atoms with E-state index < -0.39 is 9.84 Å². The number of hydrogen-bond donors (Lipinski definition) is 2. The van der Waals surface area contributed by atoms with Gasteiger partial charge in [-0.25, -0.2) is 12.8 Å². The normalized spacial score (nSPS) is 17.0. The largest absolute Gasteiger partial charge is 0.357 e. The van der Waals surface area contributed by atoms with Crippen LogP contribution in [0.2, 0.25) is 0 Å².